The first-order chi connectivity index (χ1) is 7.25. The molecule has 0 atom stereocenters. The van der Waals surface area contributed by atoms with Gasteiger partial charge in [0.1, 0.15) is 0 Å². The number of nitrogens with zero attached hydrogens (tertiary/aromatic N) is 2. The van der Waals surface area contributed by atoms with Crippen LogP contribution in [-0.2, 0) is 6.54 Å². The van der Waals surface area contributed by atoms with Gasteiger partial charge in [0.15, 0.2) is 0 Å². The van der Waals surface area contributed by atoms with E-state index in [1.807, 2.05) is 31.3 Å². The molecule has 0 saturated heterocycles. The van der Waals surface area contributed by atoms with Crippen LogP contribution in [0, 0.1) is 6.92 Å². The molecule has 76 valence electrons. The molecule has 0 amide bonds. The molecule has 15 heavy (non-hydrogen) atoms. The fraction of sp³-hybridized carbons (Fsp3) is 0.167. The average molecular weight is 200 g/mol. The number of hydrogen-bond donors (Lipinski definition) is 0. The van der Waals surface area contributed by atoms with Gasteiger partial charge in [0.2, 0.25) is 0 Å². The Labute approximate surface area is 88.0 Å². The van der Waals surface area contributed by atoms with E-state index in [9.17, 15) is 4.79 Å². The second-order valence-corrected chi connectivity index (χ2v) is 3.53. The third-order valence-corrected chi connectivity index (χ3v) is 2.21. The Bertz CT molecular complexity index is 503. The Morgan fingerprint density at radius 3 is 2.93 bits per heavy atom. The second-order valence-electron chi connectivity index (χ2n) is 3.53. The zero-order valence-corrected chi connectivity index (χ0v) is 8.55. The number of hydrogen-bond acceptors (Lipinski definition) is 2. The fourth-order valence-corrected chi connectivity index (χ4v) is 1.46. The number of aryl methyl sites for hydroxylation is 1. The van der Waals surface area contributed by atoms with Crippen LogP contribution in [0.25, 0.3) is 0 Å². The lowest BCUT2D eigenvalue weighted by atomic mass is 10.2. The van der Waals surface area contributed by atoms with Crippen LogP contribution in [-0.4, -0.2) is 9.55 Å². The molecule has 3 nitrogen and oxygen atoms in total. The predicted octanol–water partition coefficient (Wildman–Crippen LogP) is 1.60. The third kappa shape index (κ3) is 2.31. The minimum atomic E-state index is 0.0180. The Hall–Kier alpha value is -1.90. The molecule has 2 aromatic heterocycles. The Kier molecular flexibility index (Phi) is 2.63. The molecule has 0 aliphatic rings. The number of aromatic nitrogens is 2. The summed E-state index contributed by atoms with van der Waals surface area (Å²) in [5.41, 5.74) is 2.13. The van der Waals surface area contributed by atoms with Gasteiger partial charge in [-0.3, -0.25) is 9.78 Å². The van der Waals surface area contributed by atoms with Crippen LogP contribution < -0.4 is 5.56 Å². The summed E-state index contributed by atoms with van der Waals surface area (Å²) in [5.74, 6) is 0. The van der Waals surface area contributed by atoms with Gasteiger partial charge in [-0.1, -0.05) is 12.1 Å². The van der Waals surface area contributed by atoms with E-state index in [-0.39, 0.29) is 5.56 Å². The van der Waals surface area contributed by atoms with Crippen molar-refractivity contribution in [1.82, 2.24) is 9.55 Å². The molecule has 0 aromatic carbocycles. The van der Waals surface area contributed by atoms with Crippen LogP contribution >= 0.6 is 0 Å². The van der Waals surface area contributed by atoms with E-state index in [1.165, 1.54) is 0 Å². The third-order valence-electron chi connectivity index (χ3n) is 2.21. The van der Waals surface area contributed by atoms with Crippen molar-refractivity contribution in [3.8, 4) is 0 Å². The minimum Gasteiger partial charge on any atom is -0.311 e. The molecule has 3 heteroatoms. The first-order valence-electron chi connectivity index (χ1n) is 4.82. The Balaban J connectivity index is 2.32. The standard InChI is InChI=1S/C12H12N2O/c1-10-4-5-12(15)14(8-10)9-11-3-2-6-13-7-11/h2-8H,9H2,1H3. The summed E-state index contributed by atoms with van der Waals surface area (Å²) in [7, 11) is 0. The van der Waals surface area contributed by atoms with Gasteiger partial charge >= 0.3 is 0 Å². The van der Waals surface area contributed by atoms with Crippen molar-refractivity contribution in [3.63, 3.8) is 0 Å². The van der Waals surface area contributed by atoms with E-state index in [0.717, 1.165) is 11.1 Å². The Morgan fingerprint density at radius 2 is 2.20 bits per heavy atom. The molecule has 0 unspecified atom stereocenters. The van der Waals surface area contributed by atoms with Gasteiger partial charge in [-0.15, -0.1) is 0 Å². The Morgan fingerprint density at radius 1 is 1.33 bits per heavy atom. The summed E-state index contributed by atoms with van der Waals surface area (Å²) in [5, 5.41) is 0. The molecule has 0 aliphatic carbocycles. The van der Waals surface area contributed by atoms with Crippen LogP contribution in [0.4, 0.5) is 0 Å². The maximum atomic E-state index is 11.5. The summed E-state index contributed by atoms with van der Waals surface area (Å²) < 4.78 is 1.69. The lowest BCUT2D eigenvalue weighted by Crippen LogP contribution is -2.19. The van der Waals surface area contributed by atoms with Gasteiger partial charge in [-0.25, -0.2) is 0 Å². The summed E-state index contributed by atoms with van der Waals surface area (Å²) in [6.07, 6.45) is 5.35. The first-order valence-corrected chi connectivity index (χ1v) is 4.82. The molecule has 0 bridgehead atoms. The highest BCUT2D eigenvalue weighted by Gasteiger charge is 1.97. The topological polar surface area (TPSA) is 34.9 Å². The molecule has 2 heterocycles. The van der Waals surface area contributed by atoms with Crippen LogP contribution in [0.1, 0.15) is 11.1 Å². The summed E-state index contributed by atoms with van der Waals surface area (Å²) >= 11 is 0. The monoisotopic (exact) mass is 200 g/mol. The summed E-state index contributed by atoms with van der Waals surface area (Å²) in [6, 6.07) is 7.24. The molecule has 0 spiro atoms. The van der Waals surface area contributed by atoms with Crippen LogP contribution in [0.2, 0.25) is 0 Å². The SMILES string of the molecule is Cc1ccc(=O)n(Cc2cccnc2)c1. The van der Waals surface area contributed by atoms with Crippen LogP contribution in [0.3, 0.4) is 0 Å². The van der Waals surface area contributed by atoms with Gasteiger partial charge in [0.05, 0.1) is 6.54 Å². The van der Waals surface area contributed by atoms with Crippen molar-refractivity contribution < 1.29 is 0 Å². The predicted molar refractivity (Wildman–Crippen MR) is 58.8 cm³/mol. The van der Waals surface area contributed by atoms with Crippen molar-refractivity contribution in [3.05, 3.63) is 64.3 Å². The van der Waals surface area contributed by atoms with E-state index in [2.05, 4.69) is 4.98 Å². The van der Waals surface area contributed by atoms with Crippen LogP contribution in [0.15, 0.2) is 47.7 Å². The highest BCUT2D eigenvalue weighted by atomic mass is 16.1. The molecular weight excluding hydrogens is 188 g/mol. The largest absolute Gasteiger partial charge is 0.311 e. The van der Waals surface area contributed by atoms with Crippen molar-refractivity contribution >= 4 is 0 Å². The van der Waals surface area contributed by atoms with E-state index in [4.69, 9.17) is 0 Å². The molecule has 0 fully saturated rings. The van der Waals surface area contributed by atoms with Gasteiger partial charge in [0, 0.05) is 24.7 Å². The van der Waals surface area contributed by atoms with Gasteiger partial charge in [-0.05, 0) is 24.1 Å². The quantitative estimate of drug-likeness (QED) is 0.738. The first kappa shape index (κ1) is 9.65. The van der Waals surface area contributed by atoms with Crippen LogP contribution in [0.5, 0.6) is 0 Å². The van der Waals surface area contributed by atoms with E-state index in [0.29, 0.717) is 6.54 Å². The maximum absolute atomic E-state index is 11.5. The average Bonchev–Trinajstić information content (AvgIpc) is 2.25. The molecular formula is C12H12N2O. The van der Waals surface area contributed by atoms with Gasteiger partial charge in [-0.2, -0.15) is 0 Å². The normalized spacial score (nSPS) is 10.2. The lowest BCUT2D eigenvalue weighted by molar-refractivity contribution is 0.751. The molecule has 0 radical (unpaired) electrons. The maximum Gasteiger partial charge on any atom is 0.250 e. The number of pyridine rings is 2. The molecule has 2 rings (SSSR count). The van der Waals surface area contributed by atoms with Crippen molar-refractivity contribution in [1.29, 1.82) is 0 Å². The zero-order chi connectivity index (χ0) is 10.7. The highest BCUT2D eigenvalue weighted by Crippen LogP contribution is 1.99. The van der Waals surface area contributed by atoms with Gasteiger partial charge in [0.25, 0.3) is 5.56 Å². The van der Waals surface area contributed by atoms with E-state index in [1.54, 1.807) is 23.0 Å². The molecule has 0 N–H and O–H groups in total. The zero-order valence-electron chi connectivity index (χ0n) is 8.55. The fourth-order valence-electron chi connectivity index (χ4n) is 1.46. The number of rotatable bonds is 2. The minimum absolute atomic E-state index is 0.0180. The van der Waals surface area contributed by atoms with Crippen molar-refractivity contribution in [2.45, 2.75) is 13.5 Å². The second kappa shape index (κ2) is 4.09. The molecule has 0 saturated carbocycles. The van der Waals surface area contributed by atoms with Gasteiger partial charge < -0.3 is 4.57 Å². The smallest absolute Gasteiger partial charge is 0.250 e. The molecule has 0 aliphatic heterocycles. The summed E-state index contributed by atoms with van der Waals surface area (Å²) in [6.45, 7) is 2.55. The van der Waals surface area contributed by atoms with E-state index >= 15 is 0 Å². The van der Waals surface area contributed by atoms with Crippen molar-refractivity contribution in [2.24, 2.45) is 0 Å². The molecule has 2 aromatic rings. The van der Waals surface area contributed by atoms with Crippen molar-refractivity contribution in [2.75, 3.05) is 0 Å². The highest BCUT2D eigenvalue weighted by molar-refractivity contribution is 5.12. The van der Waals surface area contributed by atoms with E-state index < -0.39 is 0 Å². The lowest BCUT2D eigenvalue weighted by Gasteiger charge is -2.05. The summed E-state index contributed by atoms with van der Waals surface area (Å²) in [4.78, 5) is 15.5.